The third kappa shape index (κ3) is 7.62. The Morgan fingerprint density at radius 3 is 2.67 bits per heavy atom. The summed E-state index contributed by atoms with van der Waals surface area (Å²) in [6, 6.07) is 5.99. The minimum Gasteiger partial charge on any atom is -0.480 e. The number of aliphatic hydroxyl groups is 1. The number of carbonyl (C=O) groups is 3. The average Bonchev–Trinajstić information content (AvgIpc) is 3.31. The first-order valence-electron chi connectivity index (χ1n) is 14.3. The monoisotopic (exact) mass is 580 g/mol. The number of ether oxygens (including phenoxy) is 1. The van der Waals surface area contributed by atoms with E-state index in [1.165, 1.54) is 5.01 Å². The summed E-state index contributed by atoms with van der Waals surface area (Å²) in [6.45, 7) is 8.32. The minimum absolute atomic E-state index is 0.0929. The summed E-state index contributed by atoms with van der Waals surface area (Å²) in [7, 11) is 0. The van der Waals surface area contributed by atoms with E-state index < -0.39 is 35.7 Å². The lowest BCUT2D eigenvalue weighted by Crippen LogP contribution is -2.60. The van der Waals surface area contributed by atoms with Gasteiger partial charge >= 0.3 is 12.1 Å². The van der Waals surface area contributed by atoms with E-state index in [1.54, 1.807) is 33.2 Å². The maximum absolute atomic E-state index is 13.6. The molecule has 4 N–H and O–H groups in total. The Balaban J connectivity index is 1.61. The summed E-state index contributed by atoms with van der Waals surface area (Å²) < 4.78 is 7.54. The number of fused-ring (bicyclic) bond motifs is 1. The number of hydrazine groups is 1. The van der Waals surface area contributed by atoms with Crippen molar-refractivity contribution in [3.8, 4) is 11.1 Å². The first kappa shape index (κ1) is 30.9. The maximum Gasteiger partial charge on any atom is 0.408 e. The summed E-state index contributed by atoms with van der Waals surface area (Å²) >= 11 is 0. The number of imidazole rings is 1. The second-order valence-corrected chi connectivity index (χ2v) is 11.5. The number of aliphatic carboxylic acids is 1. The van der Waals surface area contributed by atoms with Gasteiger partial charge in [0, 0.05) is 50.5 Å². The van der Waals surface area contributed by atoms with Gasteiger partial charge in [-0.1, -0.05) is 13.0 Å². The van der Waals surface area contributed by atoms with Gasteiger partial charge in [-0.2, -0.15) is 0 Å². The van der Waals surface area contributed by atoms with Crippen molar-refractivity contribution in [2.24, 2.45) is 0 Å². The zero-order valence-corrected chi connectivity index (χ0v) is 24.6. The summed E-state index contributed by atoms with van der Waals surface area (Å²) in [6.07, 6.45) is 5.06. The highest BCUT2D eigenvalue weighted by atomic mass is 16.6. The average molecular weight is 581 g/mol. The predicted molar refractivity (Wildman–Crippen MR) is 156 cm³/mol. The molecule has 1 aliphatic rings. The lowest BCUT2D eigenvalue weighted by Gasteiger charge is -2.34. The molecule has 0 aliphatic carbocycles. The molecule has 2 amide bonds. The summed E-state index contributed by atoms with van der Waals surface area (Å²) in [4.78, 5) is 47.0. The fraction of sp³-hybridized carbons (Fsp3) is 0.500. The fourth-order valence-electron chi connectivity index (χ4n) is 5.05. The molecule has 0 bridgehead atoms. The van der Waals surface area contributed by atoms with Crippen LogP contribution in [-0.4, -0.2) is 78.6 Å². The van der Waals surface area contributed by atoms with Crippen LogP contribution in [-0.2, 0) is 33.7 Å². The number of aryl methyl sites for hydroxylation is 2. The molecule has 42 heavy (non-hydrogen) atoms. The molecular formula is C30H40N6O6. The number of carboxylic acids is 1. The van der Waals surface area contributed by atoms with Gasteiger partial charge in [0.1, 0.15) is 23.5 Å². The van der Waals surface area contributed by atoms with Crippen molar-refractivity contribution in [3.63, 3.8) is 0 Å². The van der Waals surface area contributed by atoms with Crippen LogP contribution in [0.2, 0.25) is 0 Å². The molecule has 1 aromatic carbocycles. The Kier molecular flexibility index (Phi) is 9.79. The topological polar surface area (TPSA) is 159 Å². The molecule has 0 unspecified atom stereocenters. The van der Waals surface area contributed by atoms with Crippen LogP contribution >= 0.6 is 0 Å². The molecule has 12 nitrogen and oxygen atoms in total. The van der Waals surface area contributed by atoms with Gasteiger partial charge in [-0.05, 0) is 69.4 Å². The Bertz CT molecular complexity index is 1430. The smallest absolute Gasteiger partial charge is 0.408 e. The summed E-state index contributed by atoms with van der Waals surface area (Å²) in [5, 5.41) is 22.8. The fourth-order valence-corrected chi connectivity index (χ4v) is 5.05. The minimum atomic E-state index is -1.04. The molecule has 1 fully saturated rings. The summed E-state index contributed by atoms with van der Waals surface area (Å²) in [5.74, 6) is -0.547. The zero-order chi connectivity index (χ0) is 30.4. The van der Waals surface area contributed by atoms with Crippen LogP contribution in [0.3, 0.4) is 0 Å². The van der Waals surface area contributed by atoms with Crippen LogP contribution in [0.15, 0.2) is 36.7 Å². The number of amides is 2. The zero-order valence-electron chi connectivity index (χ0n) is 24.6. The number of benzene rings is 1. The molecule has 4 rings (SSSR count). The summed E-state index contributed by atoms with van der Waals surface area (Å²) in [5.41, 5.74) is 6.29. The second kappa shape index (κ2) is 13.3. The molecule has 1 aliphatic heterocycles. The van der Waals surface area contributed by atoms with Crippen LogP contribution in [0.25, 0.3) is 22.2 Å². The second-order valence-electron chi connectivity index (χ2n) is 11.5. The first-order chi connectivity index (χ1) is 20.0. The first-order valence-corrected chi connectivity index (χ1v) is 14.3. The highest BCUT2D eigenvalue weighted by molar-refractivity contribution is 5.87. The molecule has 0 spiro atoms. The van der Waals surface area contributed by atoms with Gasteiger partial charge in [-0.25, -0.2) is 15.2 Å². The Labute approximate surface area is 245 Å². The van der Waals surface area contributed by atoms with E-state index in [-0.39, 0.29) is 13.0 Å². The molecule has 3 aromatic rings. The predicted octanol–water partition coefficient (Wildman–Crippen LogP) is 3.06. The number of nitrogens with zero attached hydrogens (tertiary/aromatic N) is 4. The third-order valence-corrected chi connectivity index (χ3v) is 6.99. The van der Waals surface area contributed by atoms with Gasteiger partial charge in [0.05, 0.1) is 11.0 Å². The number of rotatable bonds is 10. The van der Waals surface area contributed by atoms with Crippen LogP contribution < -0.4 is 10.7 Å². The third-order valence-electron chi connectivity index (χ3n) is 6.99. The van der Waals surface area contributed by atoms with Crippen molar-refractivity contribution in [3.05, 3.63) is 48.0 Å². The molecule has 12 heteroatoms. The number of carboxylic acid groups (broad SMARTS) is 1. The molecule has 0 saturated carbocycles. The van der Waals surface area contributed by atoms with Gasteiger partial charge < -0.3 is 24.8 Å². The van der Waals surface area contributed by atoms with Gasteiger partial charge in [-0.3, -0.25) is 19.6 Å². The van der Waals surface area contributed by atoms with E-state index in [0.717, 1.165) is 34.4 Å². The number of aromatic nitrogens is 3. The number of hydrogen-bond acceptors (Lipinski definition) is 8. The Morgan fingerprint density at radius 2 is 1.98 bits per heavy atom. The van der Waals surface area contributed by atoms with Gasteiger partial charge in [-0.15, -0.1) is 0 Å². The van der Waals surface area contributed by atoms with E-state index in [4.69, 9.17) is 9.72 Å². The van der Waals surface area contributed by atoms with E-state index in [2.05, 4.69) is 27.2 Å². The van der Waals surface area contributed by atoms with E-state index >= 15 is 0 Å². The van der Waals surface area contributed by atoms with E-state index in [9.17, 15) is 24.6 Å². The van der Waals surface area contributed by atoms with Gasteiger partial charge in [0.25, 0.3) is 5.91 Å². The van der Waals surface area contributed by atoms with Crippen molar-refractivity contribution in [1.29, 1.82) is 0 Å². The number of alkyl carbamates (subject to hydrolysis) is 1. The number of nitrogens with one attached hydrogen (secondary N) is 2. The van der Waals surface area contributed by atoms with Gasteiger partial charge in [0.2, 0.25) is 0 Å². The lowest BCUT2D eigenvalue weighted by molar-refractivity contribution is -0.147. The molecule has 226 valence electrons. The van der Waals surface area contributed by atoms with Crippen LogP contribution in [0.4, 0.5) is 4.79 Å². The molecule has 2 atom stereocenters. The van der Waals surface area contributed by atoms with Crippen LogP contribution in [0.1, 0.15) is 58.3 Å². The van der Waals surface area contributed by atoms with Crippen molar-refractivity contribution < 1.29 is 29.3 Å². The Morgan fingerprint density at radius 1 is 1.19 bits per heavy atom. The van der Waals surface area contributed by atoms with Crippen LogP contribution in [0.5, 0.6) is 0 Å². The van der Waals surface area contributed by atoms with Crippen LogP contribution in [0, 0.1) is 0 Å². The van der Waals surface area contributed by atoms with Crippen molar-refractivity contribution in [1.82, 2.24) is 30.3 Å². The SMILES string of the molecule is CCc1nc2ccc(-c3cncc(C[C@H](NC(=O)OC(C)(C)C)C(=O)N4CCC[C@@H](C(=O)O)N4)c3)cc2n1CCCO. The number of aliphatic hydroxyl groups excluding tert-OH is 1. The highest BCUT2D eigenvalue weighted by Gasteiger charge is 2.33. The molecule has 1 saturated heterocycles. The van der Waals surface area contributed by atoms with E-state index in [1.807, 2.05) is 24.3 Å². The number of hydrogen-bond donors (Lipinski definition) is 4. The van der Waals surface area contributed by atoms with E-state index in [0.29, 0.717) is 37.9 Å². The number of carbonyl (C=O) groups excluding carboxylic acids is 2. The van der Waals surface area contributed by atoms with Crippen molar-refractivity contribution in [2.75, 3.05) is 13.2 Å². The lowest BCUT2D eigenvalue weighted by atomic mass is 10.0. The Hall–Kier alpha value is -4.03. The maximum atomic E-state index is 13.6. The quantitative estimate of drug-likeness (QED) is 0.283. The normalized spacial score (nSPS) is 16.3. The molecule has 2 aromatic heterocycles. The molecule has 3 heterocycles. The van der Waals surface area contributed by atoms with Gasteiger partial charge in [0.15, 0.2) is 0 Å². The highest BCUT2D eigenvalue weighted by Crippen LogP contribution is 2.26. The molecular weight excluding hydrogens is 540 g/mol. The largest absolute Gasteiger partial charge is 0.480 e. The molecule has 0 radical (unpaired) electrons. The van der Waals surface area contributed by atoms with Crippen molar-refractivity contribution >= 4 is 29.0 Å². The van der Waals surface area contributed by atoms with Crippen molar-refractivity contribution in [2.45, 2.75) is 84.0 Å². The number of pyridine rings is 1. The standard InChI is InChI=1S/C30H40N6O6/c1-5-26-32-22-10-9-20(16-25(22)35(26)11-7-13-37)21-14-19(17-31-18-21)15-24(33-29(41)42-30(2,3)4)27(38)36-12-6-8-23(34-36)28(39)40/h9-10,14,16-18,23-24,34,37H,5-8,11-13,15H2,1-4H3,(H,33,41)(H,39,40)/t23-,24-/m0/s1.